The molecule has 1 fully saturated rings. The Bertz CT molecular complexity index is 436. The molecule has 2 rings (SSSR count). The largest absolute Gasteiger partial charge is 0.385 e. The Kier molecular flexibility index (Phi) is 4.83. The summed E-state index contributed by atoms with van der Waals surface area (Å²) in [5.74, 6) is 0.578. The van der Waals surface area contributed by atoms with E-state index in [0.29, 0.717) is 5.56 Å². The van der Waals surface area contributed by atoms with E-state index in [1.165, 1.54) is 38.5 Å². The molecule has 1 aliphatic rings. The second-order valence-electron chi connectivity index (χ2n) is 5.61. The first-order valence-corrected chi connectivity index (χ1v) is 7.31. The summed E-state index contributed by atoms with van der Waals surface area (Å²) >= 11 is 0. The zero-order valence-electron chi connectivity index (χ0n) is 11.7. The van der Waals surface area contributed by atoms with Crippen LogP contribution in [0.5, 0.6) is 0 Å². The van der Waals surface area contributed by atoms with E-state index in [1.807, 2.05) is 19.1 Å². The lowest BCUT2D eigenvalue weighted by Gasteiger charge is -2.12. The minimum absolute atomic E-state index is 0.367. The number of hydrogen-bond acceptors (Lipinski definition) is 2. The molecule has 1 aromatic rings. The van der Waals surface area contributed by atoms with E-state index in [9.17, 15) is 4.79 Å². The van der Waals surface area contributed by atoms with Crippen LogP contribution in [0.25, 0.3) is 0 Å². The molecule has 0 atom stereocenters. The highest BCUT2D eigenvalue weighted by Gasteiger charge is 2.14. The van der Waals surface area contributed by atoms with Crippen molar-refractivity contribution in [3.63, 3.8) is 0 Å². The lowest BCUT2D eigenvalue weighted by atomic mass is 10.0. The molecule has 1 saturated carbocycles. The van der Waals surface area contributed by atoms with Crippen molar-refractivity contribution in [2.75, 3.05) is 11.9 Å². The summed E-state index contributed by atoms with van der Waals surface area (Å²) in [4.78, 5) is 11.2. The molecular weight excluding hydrogens is 236 g/mol. The van der Waals surface area contributed by atoms with Gasteiger partial charge in [-0.05, 0) is 43.4 Å². The van der Waals surface area contributed by atoms with Crippen LogP contribution in [0, 0.1) is 12.8 Å². The summed E-state index contributed by atoms with van der Waals surface area (Å²) in [6.07, 6.45) is 8.18. The van der Waals surface area contributed by atoms with Crippen molar-refractivity contribution >= 4 is 11.6 Å². The molecule has 0 radical (unpaired) electrons. The lowest BCUT2D eigenvalue weighted by molar-refractivity contribution is 0.100. The zero-order chi connectivity index (χ0) is 13.7. The molecule has 3 heteroatoms. The maximum absolute atomic E-state index is 11.2. The van der Waals surface area contributed by atoms with E-state index in [2.05, 4.69) is 5.32 Å². The first-order valence-electron chi connectivity index (χ1n) is 7.31. The first kappa shape index (κ1) is 13.9. The number of aryl methyl sites for hydroxylation is 1. The number of amides is 1. The molecule has 1 amide bonds. The number of carbonyl (C=O) groups excluding carboxylic acids is 1. The third-order valence-corrected chi connectivity index (χ3v) is 4.10. The third-order valence-electron chi connectivity index (χ3n) is 4.10. The zero-order valence-corrected chi connectivity index (χ0v) is 11.7. The van der Waals surface area contributed by atoms with Crippen LogP contribution < -0.4 is 11.1 Å². The Morgan fingerprint density at radius 3 is 2.79 bits per heavy atom. The number of carbonyl (C=O) groups is 1. The number of benzene rings is 1. The van der Waals surface area contributed by atoms with E-state index in [0.717, 1.165) is 23.7 Å². The van der Waals surface area contributed by atoms with Crippen LogP contribution >= 0.6 is 0 Å². The molecule has 0 saturated heterocycles. The quantitative estimate of drug-likeness (QED) is 0.769. The predicted octanol–water partition coefficient (Wildman–Crippen LogP) is 3.48. The summed E-state index contributed by atoms with van der Waals surface area (Å²) in [7, 11) is 0. The summed E-state index contributed by atoms with van der Waals surface area (Å²) in [5, 5.41) is 3.42. The van der Waals surface area contributed by atoms with Gasteiger partial charge in [0.2, 0.25) is 5.91 Å². The molecule has 1 aromatic carbocycles. The summed E-state index contributed by atoms with van der Waals surface area (Å²) < 4.78 is 0. The number of anilines is 1. The molecule has 0 unspecified atom stereocenters. The molecule has 0 aromatic heterocycles. The Balaban J connectivity index is 1.81. The van der Waals surface area contributed by atoms with E-state index < -0.39 is 0 Å². The molecule has 0 bridgehead atoms. The van der Waals surface area contributed by atoms with Crippen molar-refractivity contribution in [1.29, 1.82) is 0 Å². The van der Waals surface area contributed by atoms with Gasteiger partial charge in [-0.2, -0.15) is 0 Å². The summed E-state index contributed by atoms with van der Waals surface area (Å²) in [5.41, 5.74) is 8.07. The van der Waals surface area contributed by atoms with Gasteiger partial charge in [0, 0.05) is 17.8 Å². The topological polar surface area (TPSA) is 55.1 Å². The maximum Gasteiger partial charge on any atom is 0.248 e. The van der Waals surface area contributed by atoms with Gasteiger partial charge in [-0.15, -0.1) is 0 Å². The van der Waals surface area contributed by atoms with E-state index in [1.54, 1.807) is 6.07 Å². The summed E-state index contributed by atoms with van der Waals surface area (Å²) in [6, 6.07) is 5.58. The fraction of sp³-hybridized carbons (Fsp3) is 0.562. The fourth-order valence-electron chi connectivity index (χ4n) is 2.88. The van der Waals surface area contributed by atoms with Crippen LogP contribution in [0.4, 0.5) is 5.69 Å². The van der Waals surface area contributed by atoms with Gasteiger partial charge >= 0.3 is 0 Å². The molecule has 3 nitrogen and oxygen atoms in total. The van der Waals surface area contributed by atoms with Gasteiger partial charge in [0.15, 0.2) is 0 Å². The Labute approximate surface area is 115 Å². The van der Waals surface area contributed by atoms with Crippen LogP contribution in [0.1, 0.15) is 54.4 Å². The van der Waals surface area contributed by atoms with Gasteiger partial charge in [-0.25, -0.2) is 0 Å². The smallest absolute Gasteiger partial charge is 0.248 e. The number of nitrogens with one attached hydrogen (secondary N) is 1. The number of primary amides is 1. The lowest BCUT2D eigenvalue weighted by Crippen LogP contribution is -2.12. The van der Waals surface area contributed by atoms with Gasteiger partial charge in [0.1, 0.15) is 0 Å². The highest BCUT2D eigenvalue weighted by atomic mass is 16.1. The molecule has 0 aliphatic heterocycles. The second kappa shape index (κ2) is 6.60. The van der Waals surface area contributed by atoms with Crippen LogP contribution in [0.2, 0.25) is 0 Å². The van der Waals surface area contributed by atoms with Crippen LogP contribution in [-0.4, -0.2) is 12.5 Å². The Hall–Kier alpha value is -1.51. The van der Waals surface area contributed by atoms with Crippen LogP contribution in [0.15, 0.2) is 18.2 Å². The Morgan fingerprint density at radius 1 is 1.37 bits per heavy atom. The first-order chi connectivity index (χ1) is 9.16. The molecule has 1 aliphatic carbocycles. The van der Waals surface area contributed by atoms with Crippen molar-refractivity contribution in [2.24, 2.45) is 11.7 Å². The average molecular weight is 260 g/mol. The standard InChI is InChI=1S/C16H24N2O/c1-12-8-9-14(16(17)19)11-15(12)18-10-4-7-13-5-2-3-6-13/h8-9,11,13,18H,2-7,10H2,1H3,(H2,17,19). The van der Waals surface area contributed by atoms with Crippen LogP contribution in [0.3, 0.4) is 0 Å². The minimum atomic E-state index is -0.367. The van der Waals surface area contributed by atoms with Gasteiger partial charge in [0.25, 0.3) is 0 Å². The van der Waals surface area contributed by atoms with Gasteiger partial charge in [-0.3, -0.25) is 4.79 Å². The molecule has 0 spiro atoms. The molecule has 0 heterocycles. The molecule has 104 valence electrons. The van der Waals surface area contributed by atoms with Gasteiger partial charge < -0.3 is 11.1 Å². The average Bonchev–Trinajstić information content (AvgIpc) is 2.89. The van der Waals surface area contributed by atoms with Crippen molar-refractivity contribution in [2.45, 2.75) is 45.4 Å². The number of hydrogen-bond donors (Lipinski definition) is 2. The SMILES string of the molecule is Cc1ccc(C(N)=O)cc1NCCCC1CCCC1. The third kappa shape index (κ3) is 3.98. The second-order valence-corrected chi connectivity index (χ2v) is 5.61. The highest BCUT2D eigenvalue weighted by molar-refractivity contribution is 5.94. The minimum Gasteiger partial charge on any atom is -0.385 e. The fourth-order valence-corrected chi connectivity index (χ4v) is 2.88. The van der Waals surface area contributed by atoms with Crippen LogP contribution in [-0.2, 0) is 0 Å². The normalized spacial score (nSPS) is 15.6. The van der Waals surface area contributed by atoms with E-state index in [4.69, 9.17) is 5.73 Å². The predicted molar refractivity (Wildman–Crippen MR) is 79.4 cm³/mol. The molecule has 19 heavy (non-hydrogen) atoms. The summed E-state index contributed by atoms with van der Waals surface area (Å²) in [6.45, 7) is 3.02. The Morgan fingerprint density at radius 2 is 2.11 bits per heavy atom. The van der Waals surface area contributed by atoms with Crippen molar-refractivity contribution < 1.29 is 4.79 Å². The number of nitrogens with two attached hydrogens (primary N) is 1. The number of rotatable bonds is 6. The highest BCUT2D eigenvalue weighted by Crippen LogP contribution is 2.28. The monoisotopic (exact) mass is 260 g/mol. The van der Waals surface area contributed by atoms with Crippen molar-refractivity contribution in [3.05, 3.63) is 29.3 Å². The van der Waals surface area contributed by atoms with Gasteiger partial charge in [-0.1, -0.05) is 31.7 Å². The van der Waals surface area contributed by atoms with Crippen molar-refractivity contribution in [1.82, 2.24) is 0 Å². The molecule has 3 N–H and O–H groups in total. The van der Waals surface area contributed by atoms with Crippen molar-refractivity contribution in [3.8, 4) is 0 Å². The maximum atomic E-state index is 11.2. The van der Waals surface area contributed by atoms with Gasteiger partial charge in [0.05, 0.1) is 0 Å². The van der Waals surface area contributed by atoms with E-state index in [-0.39, 0.29) is 5.91 Å². The van der Waals surface area contributed by atoms with E-state index >= 15 is 0 Å². The molecular formula is C16H24N2O.